The van der Waals surface area contributed by atoms with E-state index in [1.807, 2.05) is 30.3 Å². The number of carboxylic acid groups (broad SMARTS) is 1. The Hall–Kier alpha value is -2.93. The van der Waals surface area contributed by atoms with Gasteiger partial charge in [-0.15, -0.1) is 0 Å². The van der Waals surface area contributed by atoms with E-state index in [1.165, 1.54) is 23.5 Å². The average Bonchev–Trinajstić information content (AvgIpc) is 2.95. The highest BCUT2D eigenvalue weighted by Gasteiger charge is 2.11. The molecule has 1 aromatic heterocycles. The average molecular weight is 328 g/mol. The van der Waals surface area contributed by atoms with Gasteiger partial charge < -0.3 is 9.84 Å². The molecule has 23 heavy (non-hydrogen) atoms. The molecular formula is C16H12N2O4S. The summed E-state index contributed by atoms with van der Waals surface area (Å²) in [5, 5.41) is 11.9. The number of aromatic carboxylic acids is 1. The van der Waals surface area contributed by atoms with Crippen LogP contribution in [-0.4, -0.2) is 22.2 Å². The van der Waals surface area contributed by atoms with Crippen molar-refractivity contribution in [3.05, 3.63) is 59.7 Å². The molecule has 0 radical (unpaired) electrons. The summed E-state index contributed by atoms with van der Waals surface area (Å²) >= 11 is 1.25. The highest BCUT2D eigenvalue weighted by Crippen LogP contribution is 2.26. The van der Waals surface area contributed by atoms with Crippen LogP contribution in [0.4, 0.5) is 9.93 Å². The molecule has 0 spiro atoms. The number of nitrogens with one attached hydrogen (secondary N) is 1. The van der Waals surface area contributed by atoms with Gasteiger partial charge in [-0.3, -0.25) is 5.32 Å². The standard InChI is InChI=1S/C16H12N2O4S/c19-14(20)11-6-7-13-12(8-11)17-15(23-13)18-16(21)22-9-10-4-2-1-3-5-10/h1-8H,9H2,(H,19,20)(H,17,18,21). The van der Waals surface area contributed by atoms with Crippen molar-refractivity contribution in [2.45, 2.75) is 6.61 Å². The Labute approximate surface area is 135 Å². The number of anilines is 1. The molecular weight excluding hydrogens is 316 g/mol. The second-order valence-corrected chi connectivity index (χ2v) is 5.72. The van der Waals surface area contributed by atoms with Gasteiger partial charge in [-0.2, -0.15) is 0 Å². The van der Waals surface area contributed by atoms with Crippen LogP contribution < -0.4 is 5.32 Å². The van der Waals surface area contributed by atoms with Crippen LogP contribution in [0.25, 0.3) is 10.2 Å². The zero-order valence-corrected chi connectivity index (χ0v) is 12.7. The number of thiazole rings is 1. The fraction of sp³-hybridized carbons (Fsp3) is 0.0625. The Balaban J connectivity index is 1.66. The Morgan fingerprint density at radius 1 is 1.17 bits per heavy atom. The molecule has 0 bridgehead atoms. The molecule has 7 heteroatoms. The molecule has 0 aliphatic heterocycles. The molecule has 0 saturated heterocycles. The van der Waals surface area contributed by atoms with Crippen LogP contribution in [0.1, 0.15) is 15.9 Å². The predicted molar refractivity (Wildman–Crippen MR) is 86.8 cm³/mol. The molecule has 1 amide bonds. The van der Waals surface area contributed by atoms with Crippen molar-refractivity contribution in [3.8, 4) is 0 Å². The van der Waals surface area contributed by atoms with Gasteiger partial charge in [0, 0.05) is 0 Å². The maximum absolute atomic E-state index is 11.8. The number of benzene rings is 2. The van der Waals surface area contributed by atoms with Crippen LogP contribution in [0, 0.1) is 0 Å². The number of rotatable bonds is 4. The van der Waals surface area contributed by atoms with Crippen molar-refractivity contribution in [2.24, 2.45) is 0 Å². The maximum Gasteiger partial charge on any atom is 0.413 e. The minimum atomic E-state index is -1.02. The normalized spacial score (nSPS) is 10.4. The van der Waals surface area contributed by atoms with E-state index in [1.54, 1.807) is 6.07 Å². The third-order valence-electron chi connectivity index (χ3n) is 3.06. The third-order valence-corrected chi connectivity index (χ3v) is 4.01. The molecule has 0 fully saturated rings. The predicted octanol–water partition coefficient (Wildman–Crippen LogP) is 3.74. The lowest BCUT2D eigenvalue weighted by atomic mass is 10.2. The zero-order valence-electron chi connectivity index (χ0n) is 11.9. The largest absolute Gasteiger partial charge is 0.478 e. The van der Waals surface area contributed by atoms with E-state index in [4.69, 9.17) is 9.84 Å². The first-order chi connectivity index (χ1) is 11.1. The number of carboxylic acids is 1. The second-order valence-electron chi connectivity index (χ2n) is 4.69. The van der Waals surface area contributed by atoms with Crippen molar-refractivity contribution >= 4 is 38.7 Å². The zero-order chi connectivity index (χ0) is 16.2. The number of amides is 1. The first-order valence-corrected chi connectivity index (χ1v) is 7.55. The molecule has 0 aliphatic carbocycles. The fourth-order valence-corrected chi connectivity index (χ4v) is 2.79. The Morgan fingerprint density at radius 2 is 1.96 bits per heavy atom. The smallest absolute Gasteiger partial charge is 0.413 e. The van der Waals surface area contributed by atoms with E-state index < -0.39 is 12.1 Å². The molecule has 3 aromatic rings. The van der Waals surface area contributed by atoms with E-state index in [-0.39, 0.29) is 12.2 Å². The highest BCUT2D eigenvalue weighted by atomic mass is 32.1. The molecule has 2 N–H and O–H groups in total. The summed E-state index contributed by atoms with van der Waals surface area (Å²) in [4.78, 5) is 26.9. The van der Waals surface area contributed by atoms with Crippen LogP contribution in [-0.2, 0) is 11.3 Å². The molecule has 1 heterocycles. The summed E-state index contributed by atoms with van der Waals surface area (Å²) in [5.74, 6) is -1.02. The van der Waals surface area contributed by atoms with E-state index in [2.05, 4.69) is 10.3 Å². The van der Waals surface area contributed by atoms with Gasteiger partial charge in [0.25, 0.3) is 0 Å². The van der Waals surface area contributed by atoms with Crippen LogP contribution in [0.5, 0.6) is 0 Å². The fourth-order valence-electron chi connectivity index (χ4n) is 1.96. The van der Waals surface area contributed by atoms with Crippen molar-refractivity contribution in [3.63, 3.8) is 0 Å². The molecule has 3 rings (SSSR count). The van der Waals surface area contributed by atoms with Crippen molar-refractivity contribution in [1.82, 2.24) is 4.98 Å². The molecule has 0 saturated carbocycles. The van der Waals surface area contributed by atoms with E-state index >= 15 is 0 Å². The van der Waals surface area contributed by atoms with Gasteiger partial charge in [0.15, 0.2) is 5.13 Å². The Bertz CT molecular complexity index is 861. The van der Waals surface area contributed by atoms with Crippen molar-refractivity contribution in [1.29, 1.82) is 0 Å². The van der Waals surface area contributed by atoms with Crippen LogP contribution in [0.2, 0.25) is 0 Å². The molecule has 116 valence electrons. The van der Waals surface area contributed by atoms with Gasteiger partial charge in [0.1, 0.15) is 6.61 Å². The summed E-state index contributed by atoms with van der Waals surface area (Å²) in [7, 11) is 0. The number of aromatic nitrogens is 1. The minimum Gasteiger partial charge on any atom is -0.478 e. The number of fused-ring (bicyclic) bond motifs is 1. The van der Waals surface area contributed by atoms with Crippen molar-refractivity contribution in [2.75, 3.05) is 5.32 Å². The number of ether oxygens (including phenoxy) is 1. The SMILES string of the molecule is O=C(Nc1nc2cc(C(=O)O)ccc2s1)OCc1ccccc1. The molecule has 6 nitrogen and oxygen atoms in total. The lowest BCUT2D eigenvalue weighted by molar-refractivity contribution is 0.0697. The van der Waals surface area contributed by atoms with E-state index in [0.717, 1.165) is 10.3 Å². The first-order valence-electron chi connectivity index (χ1n) is 6.73. The summed E-state index contributed by atoms with van der Waals surface area (Å²) in [6.07, 6.45) is -0.605. The second kappa shape index (κ2) is 6.45. The quantitative estimate of drug-likeness (QED) is 0.761. The topological polar surface area (TPSA) is 88.5 Å². The molecule has 0 aliphatic rings. The van der Waals surface area contributed by atoms with Crippen LogP contribution in [0.3, 0.4) is 0 Å². The van der Waals surface area contributed by atoms with Gasteiger partial charge in [-0.1, -0.05) is 41.7 Å². The number of hydrogen-bond acceptors (Lipinski definition) is 5. The number of carbonyl (C=O) groups excluding carboxylic acids is 1. The summed E-state index contributed by atoms with van der Waals surface area (Å²) in [6.45, 7) is 0.167. The summed E-state index contributed by atoms with van der Waals surface area (Å²) in [6, 6.07) is 14.0. The van der Waals surface area contributed by atoms with Gasteiger partial charge in [0.2, 0.25) is 0 Å². The summed E-state index contributed by atoms with van der Waals surface area (Å²) in [5.41, 5.74) is 1.56. The molecule has 2 aromatic carbocycles. The van der Waals surface area contributed by atoms with Gasteiger partial charge in [-0.05, 0) is 23.8 Å². The van der Waals surface area contributed by atoms with Crippen LogP contribution >= 0.6 is 11.3 Å². The Kier molecular flexibility index (Phi) is 4.20. The Morgan fingerprint density at radius 3 is 2.70 bits per heavy atom. The monoisotopic (exact) mass is 328 g/mol. The number of nitrogens with zero attached hydrogens (tertiary/aromatic N) is 1. The number of hydrogen-bond donors (Lipinski definition) is 2. The minimum absolute atomic E-state index is 0.154. The van der Waals surface area contributed by atoms with Crippen LogP contribution in [0.15, 0.2) is 48.5 Å². The summed E-state index contributed by atoms with van der Waals surface area (Å²) < 4.78 is 5.90. The first kappa shape index (κ1) is 15.0. The maximum atomic E-state index is 11.8. The van der Waals surface area contributed by atoms with E-state index in [0.29, 0.717) is 10.6 Å². The lowest BCUT2D eigenvalue weighted by Crippen LogP contribution is -2.13. The molecule has 0 atom stereocenters. The van der Waals surface area contributed by atoms with E-state index in [9.17, 15) is 9.59 Å². The molecule has 0 unspecified atom stereocenters. The van der Waals surface area contributed by atoms with Gasteiger partial charge in [0.05, 0.1) is 15.8 Å². The number of carbonyl (C=O) groups is 2. The lowest BCUT2D eigenvalue weighted by Gasteiger charge is -2.04. The highest BCUT2D eigenvalue weighted by molar-refractivity contribution is 7.22. The van der Waals surface area contributed by atoms with Crippen molar-refractivity contribution < 1.29 is 19.4 Å². The van der Waals surface area contributed by atoms with Gasteiger partial charge >= 0.3 is 12.1 Å². The third kappa shape index (κ3) is 3.64. The van der Waals surface area contributed by atoms with Gasteiger partial charge in [-0.25, -0.2) is 14.6 Å².